The molecule has 14 nitrogen and oxygen atoms in total. The molecule has 2 saturated heterocycles. The molecule has 4 amide bonds. The third kappa shape index (κ3) is 7.13. The van der Waals surface area contributed by atoms with Crippen LogP contribution in [0.5, 0.6) is 0 Å². The van der Waals surface area contributed by atoms with E-state index in [1.54, 1.807) is 0 Å². The largest absolute Gasteiger partial charge is 0.453 e. The smallest absolute Gasteiger partial charge is 0.407 e. The van der Waals surface area contributed by atoms with Gasteiger partial charge >= 0.3 is 12.2 Å². The van der Waals surface area contributed by atoms with Gasteiger partial charge in [0.05, 0.1) is 49.2 Å². The maximum Gasteiger partial charge on any atom is 0.407 e. The van der Waals surface area contributed by atoms with E-state index in [4.69, 9.17) is 19.4 Å². The van der Waals surface area contributed by atoms with Gasteiger partial charge in [0.25, 0.3) is 0 Å². The molecular formula is C49H54N8O6. The molecule has 2 saturated carbocycles. The number of nitrogens with zero attached hydrogens (tertiary/aromatic N) is 4. The molecule has 0 radical (unpaired) electrons. The zero-order valence-corrected chi connectivity index (χ0v) is 36.2. The summed E-state index contributed by atoms with van der Waals surface area (Å²) in [5, 5.41) is 7.74. The molecule has 2 aromatic heterocycles. The molecular weight excluding hydrogens is 797 g/mol. The van der Waals surface area contributed by atoms with E-state index in [1.165, 1.54) is 14.2 Å². The number of H-pyrrole nitrogens is 2. The van der Waals surface area contributed by atoms with Crippen LogP contribution < -0.4 is 10.6 Å². The van der Waals surface area contributed by atoms with E-state index >= 15 is 0 Å². The number of amides is 4. The van der Waals surface area contributed by atoms with E-state index in [-0.39, 0.29) is 47.8 Å². The van der Waals surface area contributed by atoms with Crippen LogP contribution in [0.1, 0.15) is 76.6 Å². The minimum atomic E-state index is -0.746. The lowest BCUT2D eigenvalue weighted by Crippen LogP contribution is -2.54. The number of rotatable bonds is 10. The summed E-state index contributed by atoms with van der Waals surface area (Å²) in [5.74, 6) is 2.13. The Bertz CT molecular complexity index is 2670. The van der Waals surface area contributed by atoms with Crippen molar-refractivity contribution in [2.24, 2.45) is 29.6 Å². The molecule has 4 heterocycles. The van der Waals surface area contributed by atoms with Crippen molar-refractivity contribution in [1.82, 2.24) is 40.4 Å². The number of nitrogens with one attached hydrogen (secondary N) is 4. The van der Waals surface area contributed by atoms with Gasteiger partial charge in [-0.2, -0.15) is 0 Å². The number of ether oxygens (including phenoxy) is 2. The van der Waals surface area contributed by atoms with Crippen molar-refractivity contribution in [3.8, 4) is 22.4 Å². The molecule has 4 fully saturated rings. The highest BCUT2D eigenvalue weighted by Crippen LogP contribution is 2.58. The lowest BCUT2D eigenvalue weighted by Gasteiger charge is -2.37. The van der Waals surface area contributed by atoms with Gasteiger partial charge in [-0.05, 0) is 90.0 Å². The fraction of sp³-hybridized carbons (Fsp3) is 0.429. The van der Waals surface area contributed by atoms with Gasteiger partial charge in [0.15, 0.2) is 0 Å². The molecule has 0 spiro atoms. The van der Waals surface area contributed by atoms with Crippen LogP contribution in [-0.2, 0) is 19.1 Å². The van der Waals surface area contributed by atoms with Crippen molar-refractivity contribution in [2.75, 3.05) is 14.2 Å². The van der Waals surface area contributed by atoms with Crippen LogP contribution >= 0.6 is 0 Å². The number of allylic oxidation sites excluding steroid dienone is 3. The Morgan fingerprint density at radius 2 is 1.59 bits per heavy atom. The summed E-state index contributed by atoms with van der Waals surface area (Å²) in [5.41, 5.74) is 5.79. The Morgan fingerprint density at radius 3 is 2.33 bits per heavy atom. The summed E-state index contributed by atoms with van der Waals surface area (Å²) in [6.07, 6.45) is 12.9. The molecule has 5 aliphatic rings. The number of hydrogen-bond donors (Lipinski definition) is 4. The summed E-state index contributed by atoms with van der Waals surface area (Å²) >= 11 is 0. The first kappa shape index (κ1) is 40.6. The van der Waals surface area contributed by atoms with E-state index in [0.29, 0.717) is 24.2 Å². The Kier molecular flexibility index (Phi) is 10.3. The second-order valence-corrected chi connectivity index (χ2v) is 18.4. The van der Waals surface area contributed by atoms with E-state index in [2.05, 4.69) is 76.1 Å². The molecule has 63 heavy (non-hydrogen) atoms. The number of carbonyl (C=O) groups is 4. The lowest BCUT2D eigenvalue weighted by atomic mass is 9.91. The molecule has 326 valence electrons. The molecule has 5 aromatic rings. The van der Waals surface area contributed by atoms with Crippen LogP contribution in [0.15, 0.2) is 85.1 Å². The number of aromatic nitrogens is 4. The van der Waals surface area contributed by atoms with Gasteiger partial charge in [-0.3, -0.25) is 9.59 Å². The number of benzene rings is 3. The predicted molar refractivity (Wildman–Crippen MR) is 238 cm³/mol. The highest BCUT2D eigenvalue weighted by molar-refractivity contribution is 6.05. The number of fused-ring (bicyclic) bond motifs is 6. The highest BCUT2D eigenvalue weighted by atomic mass is 16.5. The minimum Gasteiger partial charge on any atom is -0.453 e. The Labute approximate surface area is 365 Å². The number of likely N-dealkylation sites (tertiary alicyclic amines) is 2. The summed E-state index contributed by atoms with van der Waals surface area (Å²) in [4.78, 5) is 74.1. The van der Waals surface area contributed by atoms with Gasteiger partial charge < -0.3 is 39.9 Å². The average molecular weight is 851 g/mol. The Balaban J connectivity index is 0.872. The number of alkyl carbamates (subject to hydrolysis) is 2. The van der Waals surface area contributed by atoms with E-state index in [9.17, 15) is 19.2 Å². The van der Waals surface area contributed by atoms with Gasteiger partial charge in [-0.15, -0.1) is 0 Å². The molecule has 4 N–H and O–H groups in total. The van der Waals surface area contributed by atoms with Gasteiger partial charge in [-0.1, -0.05) is 87.5 Å². The van der Waals surface area contributed by atoms with Crippen LogP contribution in [0.3, 0.4) is 0 Å². The number of methoxy groups -OCH3 is 2. The fourth-order valence-corrected chi connectivity index (χ4v) is 11.2. The highest BCUT2D eigenvalue weighted by Gasteiger charge is 2.62. The third-order valence-electron chi connectivity index (χ3n) is 14.5. The molecule has 3 aliphatic carbocycles. The molecule has 2 unspecified atom stereocenters. The molecule has 10 rings (SSSR count). The van der Waals surface area contributed by atoms with Crippen molar-refractivity contribution in [1.29, 1.82) is 0 Å². The van der Waals surface area contributed by atoms with Crippen molar-refractivity contribution in [2.45, 2.75) is 89.1 Å². The van der Waals surface area contributed by atoms with Crippen LogP contribution in [0.25, 0.3) is 44.2 Å². The van der Waals surface area contributed by atoms with Gasteiger partial charge in [0.2, 0.25) is 11.8 Å². The van der Waals surface area contributed by atoms with Crippen molar-refractivity contribution < 1.29 is 28.7 Å². The molecule has 2 bridgehead atoms. The van der Waals surface area contributed by atoms with Gasteiger partial charge in [0, 0.05) is 23.4 Å². The number of hydrogen-bond acceptors (Lipinski definition) is 8. The predicted octanol–water partition coefficient (Wildman–Crippen LogP) is 7.97. The Hall–Kier alpha value is -6.44. The quantitative estimate of drug-likeness (QED) is 0.109. The first-order chi connectivity index (χ1) is 30.5. The molecule has 10 atom stereocenters. The van der Waals surface area contributed by atoms with E-state index < -0.39 is 24.3 Å². The van der Waals surface area contributed by atoms with Crippen LogP contribution in [0.4, 0.5) is 9.59 Å². The first-order valence-corrected chi connectivity index (χ1v) is 22.3. The first-order valence-electron chi connectivity index (χ1n) is 22.3. The maximum atomic E-state index is 14.4. The summed E-state index contributed by atoms with van der Waals surface area (Å²) in [7, 11) is 2.63. The summed E-state index contributed by atoms with van der Waals surface area (Å²) in [6, 6.07) is 17.4. The molecule has 14 heteroatoms. The topological polar surface area (TPSA) is 175 Å². The van der Waals surface area contributed by atoms with Crippen molar-refractivity contribution in [3.63, 3.8) is 0 Å². The number of aromatic amines is 2. The monoisotopic (exact) mass is 850 g/mol. The zero-order chi connectivity index (χ0) is 43.7. The average Bonchev–Trinajstić information content (AvgIpc) is 4.04. The number of carbonyl (C=O) groups excluding carboxylic acids is 4. The van der Waals surface area contributed by atoms with Gasteiger partial charge in [0.1, 0.15) is 23.7 Å². The second-order valence-electron chi connectivity index (χ2n) is 18.4. The van der Waals surface area contributed by atoms with Crippen LogP contribution in [0, 0.1) is 29.6 Å². The number of imidazole rings is 2. The van der Waals surface area contributed by atoms with Crippen molar-refractivity contribution >= 4 is 45.8 Å². The number of piperidine rings is 2. The molecule has 2 aliphatic heterocycles. The standard InChI is InChI=1S/C49H54N8O6/c1-25(2)39(54-48(60)62-4)46(58)56-33-18-15-32(22-33)43(56)45-51-36-20-17-31-21-30(16-19-34(31)41(36)53-45)27-11-13-28(14-12-27)37-24-50-44(52-37)38-23-35-26(3)42(35)57(38)47(59)40(55-49(61)63-5)29-9-7-6-8-10-29/h6-9,11-14,16-17,19-21,24-26,29,32-33,35,38-40,42-43H,10,15,18,22-23H2,1-5H3,(H,50,52)(H,51,53)(H,54,60)(H,55,61)/t26-,29?,32+,33-,35+,38+,39+,40-,42-,43?/m1/s1. The fourth-order valence-electron chi connectivity index (χ4n) is 11.2. The van der Waals surface area contributed by atoms with Gasteiger partial charge in [-0.25, -0.2) is 19.6 Å². The van der Waals surface area contributed by atoms with E-state index in [1.807, 2.05) is 60.2 Å². The zero-order valence-electron chi connectivity index (χ0n) is 36.2. The summed E-state index contributed by atoms with van der Waals surface area (Å²) < 4.78 is 9.78. The molecule has 3 aromatic carbocycles. The Morgan fingerprint density at radius 1 is 0.825 bits per heavy atom. The SMILES string of the molecule is COC(=O)N[C@H](C(=O)N1C(c2nc3ccc4cc(-c5ccc(-c6cnc([C@@H]7C[C@H]8[C@@H](C)[C@H]8N7C(=O)[C@H](NC(=O)OC)C7C=CC=CC7)[nH]6)cc5)ccc4c3[nH]2)[C@H]2CC[C@@H]1C2)C(C)C. The lowest BCUT2D eigenvalue weighted by molar-refractivity contribution is -0.139. The van der Waals surface area contributed by atoms with Crippen LogP contribution in [0.2, 0.25) is 0 Å². The second kappa shape index (κ2) is 16.0. The maximum absolute atomic E-state index is 14.4. The van der Waals surface area contributed by atoms with E-state index in [0.717, 1.165) is 81.5 Å². The normalized spacial score (nSPS) is 26.6. The third-order valence-corrected chi connectivity index (χ3v) is 14.5. The van der Waals surface area contributed by atoms with Crippen LogP contribution in [-0.4, -0.2) is 92.1 Å². The summed E-state index contributed by atoms with van der Waals surface area (Å²) in [6.45, 7) is 6.06. The van der Waals surface area contributed by atoms with Crippen molar-refractivity contribution in [3.05, 3.63) is 96.7 Å². The minimum absolute atomic E-state index is 0.0923.